The maximum atomic E-state index is 11.8. The molecule has 18 heavy (non-hydrogen) atoms. The summed E-state index contributed by atoms with van der Waals surface area (Å²) in [7, 11) is 0. The third-order valence-electron chi connectivity index (χ3n) is 3.22. The van der Waals surface area contributed by atoms with E-state index in [9.17, 15) is 4.79 Å². The van der Waals surface area contributed by atoms with E-state index >= 15 is 0 Å². The van der Waals surface area contributed by atoms with Crippen molar-refractivity contribution in [3.63, 3.8) is 0 Å². The highest BCUT2D eigenvalue weighted by Gasteiger charge is 2.35. The normalized spacial score (nSPS) is 24.1. The maximum Gasteiger partial charge on any atom is 0.310 e. The Hall–Kier alpha value is -1.43. The highest BCUT2D eigenvalue weighted by Crippen LogP contribution is 2.21. The quantitative estimate of drug-likeness (QED) is 0.593. The van der Waals surface area contributed by atoms with Crippen molar-refractivity contribution in [2.45, 2.75) is 19.1 Å². The van der Waals surface area contributed by atoms with Crippen LogP contribution in [-0.2, 0) is 16.1 Å². The lowest BCUT2D eigenvalue weighted by molar-refractivity contribution is -0.149. The number of hydrazine groups is 1. The molecule has 0 amide bonds. The zero-order chi connectivity index (χ0) is 13.0. The number of benzene rings is 1. The van der Waals surface area contributed by atoms with Gasteiger partial charge >= 0.3 is 5.97 Å². The summed E-state index contributed by atoms with van der Waals surface area (Å²) in [6.07, 6.45) is 0.556. The van der Waals surface area contributed by atoms with Gasteiger partial charge < -0.3 is 9.84 Å². The topological polar surface area (TPSA) is 75.8 Å². The Morgan fingerprint density at radius 3 is 2.78 bits per heavy atom. The van der Waals surface area contributed by atoms with Gasteiger partial charge in [0.1, 0.15) is 6.61 Å². The van der Waals surface area contributed by atoms with E-state index in [0.29, 0.717) is 13.0 Å². The van der Waals surface area contributed by atoms with Crippen molar-refractivity contribution >= 4 is 5.97 Å². The van der Waals surface area contributed by atoms with Crippen molar-refractivity contribution in [3.8, 4) is 0 Å². The first-order valence-electron chi connectivity index (χ1n) is 6.03. The molecule has 1 aliphatic heterocycles. The molecule has 5 nitrogen and oxygen atoms in total. The smallest absolute Gasteiger partial charge is 0.310 e. The number of aliphatic hydroxyl groups excluding tert-OH is 1. The predicted molar refractivity (Wildman–Crippen MR) is 66.1 cm³/mol. The lowest BCUT2D eigenvalue weighted by atomic mass is 10.1. The van der Waals surface area contributed by atoms with Crippen LogP contribution in [0.15, 0.2) is 30.3 Å². The Morgan fingerprint density at radius 2 is 2.17 bits per heavy atom. The number of aliphatic hydroxyl groups is 1. The van der Waals surface area contributed by atoms with E-state index in [0.717, 1.165) is 5.56 Å². The number of hydrogen-bond donors (Lipinski definition) is 2. The number of rotatable bonds is 4. The molecule has 5 heteroatoms. The Morgan fingerprint density at radius 1 is 1.44 bits per heavy atom. The summed E-state index contributed by atoms with van der Waals surface area (Å²) >= 11 is 0. The molecule has 1 fully saturated rings. The molecule has 0 radical (unpaired) electrons. The van der Waals surface area contributed by atoms with Crippen molar-refractivity contribution in [2.75, 3.05) is 13.2 Å². The van der Waals surface area contributed by atoms with Gasteiger partial charge in [0.25, 0.3) is 0 Å². The van der Waals surface area contributed by atoms with E-state index < -0.39 is 0 Å². The van der Waals surface area contributed by atoms with Crippen molar-refractivity contribution in [3.05, 3.63) is 35.9 Å². The van der Waals surface area contributed by atoms with Gasteiger partial charge in [-0.15, -0.1) is 0 Å². The largest absolute Gasteiger partial charge is 0.461 e. The van der Waals surface area contributed by atoms with Gasteiger partial charge in [-0.3, -0.25) is 10.6 Å². The van der Waals surface area contributed by atoms with Gasteiger partial charge in [0.2, 0.25) is 0 Å². The van der Waals surface area contributed by atoms with E-state index in [1.165, 1.54) is 5.01 Å². The molecule has 0 bridgehead atoms. The molecular weight excluding hydrogens is 232 g/mol. The second-order valence-electron chi connectivity index (χ2n) is 4.56. The lowest BCUT2D eigenvalue weighted by Crippen LogP contribution is -2.38. The van der Waals surface area contributed by atoms with Crippen molar-refractivity contribution < 1.29 is 14.6 Å². The first kappa shape index (κ1) is 13.0. The molecule has 1 heterocycles. The van der Waals surface area contributed by atoms with Crippen LogP contribution in [0.25, 0.3) is 0 Å². The minimum atomic E-state index is -0.245. The SMILES string of the molecule is NN1CC(C(=O)OCc2ccccc2)CC1CO. The van der Waals surface area contributed by atoms with E-state index in [-0.39, 0.29) is 31.1 Å². The van der Waals surface area contributed by atoms with Crippen molar-refractivity contribution in [1.29, 1.82) is 0 Å². The van der Waals surface area contributed by atoms with Crippen LogP contribution in [0.3, 0.4) is 0 Å². The van der Waals surface area contributed by atoms with Crippen molar-refractivity contribution in [2.24, 2.45) is 11.8 Å². The minimum absolute atomic E-state index is 0.0288. The predicted octanol–water partition coefficient (Wildman–Crippen LogP) is 0.286. The average molecular weight is 250 g/mol. The highest BCUT2D eigenvalue weighted by molar-refractivity contribution is 5.73. The van der Waals surface area contributed by atoms with Gasteiger partial charge in [-0.2, -0.15) is 0 Å². The molecule has 2 unspecified atom stereocenters. The van der Waals surface area contributed by atoms with E-state index in [1.54, 1.807) is 0 Å². The summed E-state index contributed by atoms with van der Waals surface area (Å²) in [6.45, 7) is 0.697. The number of hydrogen-bond acceptors (Lipinski definition) is 5. The molecule has 1 aromatic rings. The molecule has 0 saturated carbocycles. The van der Waals surface area contributed by atoms with Crippen LogP contribution in [0.5, 0.6) is 0 Å². The van der Waals surface area contributed by atoms with Crippen LogP contribution >= 0.6 is 0 Å². The second kappa shape index (κ2) is 5.95. The van der Waals surface area contributed by atoms with E-state index in [2.05, 4.69) is 0 Å². The molecule has 2 atom stereocenters. The molecule has 1 aliphatic rings. The summed E-state index contributed by atoms with van der Waals surface area (Å²) in [5.74, 6) is 5.21. The number of nitrogens with two attached hydrogens (primary N) is 1. The fourth-order valence-corrected chi connectivity index (χ4v) is 2.14. The van der Waals surface area contributed by atoms with E-state index in [1.807, 2.05) is 30.3 Å². The first-order valence-corrected chi connectivity index (χ1v) is 6.03. The van der Waals surface area contributed by atoms with Crippen LogP contribution in [0.2, 0.25) is 0 Å². The molecule has 98 valence electrons. The molecule has 3 N–H and O–H groups in total. The molecule has 1 aromatic carbocycles. The van der Waals surface area contributed by atoms with Gasteiger partial charge in [-0.1, -0.05) is 30.3 Å². The molecule has 1 saturated heterocycles. The Kier molecular flexibility index (Phi) is 4.30. The minimum Gasteiger partial charge on any atom is -0.461 e. The van der Waals surface area contributed by atoms with Gasteiger partial charge in [0, 0.05) is 12.6 Å². The fraction of sp³-hybridized carbons (Fsp3) is 0.462. The molecule has 0 aliphatic carbocycles. The lowest BCUT2D eigenvalue weighted by Gasteiger charge is -2.14. The molecule has 2 rings (SSSR count). The molecule has 0 spiro atoms. The Bertz CT molecular complexity index is 396. The number of ether oxygens (including phenoxy) is 1. The average Bonchev–Trinajstić information content (AvgIpc) is 2.78. The summed E-state index contributed by atoms with van der Waals surface area (Å²) < 4.78 is 5.25. The van der Waals surface area contributed by atoms with Crippen LogP contribution in [0.1, 0.15) is 12.0 Å². The van der Waals surface area contributed by atoms with Crippen LogP contribution in [0.4, 0.5) is 0 Å². The summed E-state index contributed by atoms with van der Waals surface area (Å²) in [5, 5.41) is 10.6. The van der Waals surface area contributed by atoms with Crippen LogP contribution in [-0.4, -0.2) is 35.3 Å². The standard InChI is InChI=1S/C13H18N2O3/c14-15-7-11(6-12(15)8-16)13(17)18-9-10-4-2-1-3-5-10/h1-5,11-12,16H,6-9,14H2. The highest BCUT2D eigenvalue weighted by atomic mass is 16.5. The maximum absolute atomic E-state index is 11.8. The van der Waals surface area contributed by atoms with Gasteiger partial charge in [0.15, 0.2) is 0 Å². The van der Waals surface area contributed by atoms with Gasteiger partial charge in [-0.25, -0.2) is 5.01 Å². The number of esters is 1. The van der Waals surface area contributed by atoms with Crippen LogP contribution < -0.4 is 5.84 Å². The molecule has 0 aromatic heterocycles. The fourth-order valence-electron chi connectivity index (χ4n) is 2.14. The Balaban J connectivity index is 1.82. The summed E-state index contributed by atoms with van der Waals surface area (Å²) in [4.78, 5) is 11.8. The monoisotopic (exact) mass is 250 g/mol. The van der Waals surface area contributed by atoms with Crippen molar-refractivity contribution in [1.82, 2.24) is 5.01 Å². The third-order valence-corrected chi connectivity index (χ3v) is 3.22. The zero-order valence-corrected chi connectivity index (χ0v) is 10.2. The summed E-state index contributed by atoms with van der Waals surface area (Å²) in [6, 6.07) is 9.41. The van der Waals surface area contributed by atoms with Crippen LogP contribution in [0, 0.1) is 5.92 Å². The number of nitrogens with zero attached hydrogens (tertiary/aromatic N) is 1. The molecular formula is C13H18N2O3. The first-order chi connectivity index (χ1) is 8.70. The van der Waals surface area contributed by atoms with E-state index in [4.69, 9.17) is 15.7 Å². The summed E-state index contributed by atoms with van der Waals surface area (Å²) in [5.41, 5.74) is 0.965. The number of carbonyl (C=O) groups is 1. The number of carbonyl (C=O) groups excluding carboxylic acids is 1. The van der Waals surface area contributed by atoms with Gasteiger partial charge in [-0.05, 0) is 12.0 Å². The Labute approximate surface area is 106 Å². The van der Waals surface area contributed by atoms with Gasteiger partial charge in [0.05, 0.1) is 12.5 Å². The third kappa shape index (κ3) is 3.07. The second-order valence-corrected chi connectivity index (χ2v) is 4.56. The zero-order valence-electron chi connectivity index (χ0n) is 10.2.